The van der Waals surface area contributed by atoms with E-state index >= 15 is 0 Å². The van der Waals surface area contributed by atoms with Gasteiger partial charge in [0.05, 0.1) is 5.56 Å². The van der Waals surface area contributed by atoms with Crippen molar-refractivity contribution in [2.75, 3.05) is 19.0 Å². The minimum Gasteiger partial charge on any atom is -0.449 e. The average Bonchev–Trinajstić information content (AvgIpc) is 3.22. The number of ether oxygens (including phenoxy) is 1. The van der Waals surface area contributed by atoms with E-state index in [0.717, 1.165) is 18.5 Å². The van der Waals surface area contributed by atoms with Gasteiger partial charge in [-0.05, 0) is 38.0 Å². The fourth-order valence-corrected chi connectivity index (χ4v) is 1.74. The topological polar surface area (TPSA) is 58.6 Å². The van der Waals surface area contributed by atoms with Crippen LogP contribution in [0.15, 0.2) is 24.3 Å². The van der Waals surface area contributed by atoms with E-state index < -0.39 is 12.1 Å². The Bertz CT molecular complexity index is 510. The van der Waals surface area contributed by atoms with Gasteiger partial charge in [-0.15, -0.1) is 0 Å². The Kier molecular flexibility index (Phi) is 4.27. The molecule has 0 heterocycles. The highest BCUT2D eigenvalue weighted by molar-refractivity contribution is 5.93. The highest BCUT2D eigenvalue weighted by atomic mass is 16.5. The van der Waals surface area contributed by atoms with Crippen molar-refractivity contribution in [1.82, 2.24) is 5.32 Å². The number of anilines is 1. The van der Waals surface area contributed by atoms with Crippen molar-refractivity contribution in [3.8, 4) is 0 Å². The maximum atomic E-state index is 12.0. The molecule has 1 amide bonds. The maximum Gasteiger partial charge on any atom is 0.338 e. The molecular weight excluding hydrogens is 256 g/mol. The smallest absolute Gasteiger partial charge is 0.338 e. The molecule has 1 aromatic rings. The number of hydrogen-bond acceptors (Lipinski definition) is 4. The Hall–Kier alpha value is -2.04. The molecule has 0 bridgehead atoms. The fourth-order valence-electron chi connectivity index (χ4n) is 1.74. The molecule has 1 aliphatic rings. The molecule has 20 heavy (non-hydrogen) atoms. The highest BCUT2D eigenvalue weighted by Crippen LogP contribution is 2.19. The zero-order valence-corrected chi connectivity index (χ0v) is 12.1. The Morgan fingerprint density at radius 3 is 2.65 bits per heavy atom. The van der Waals surface area contributed by atoms with Crippen LogP contribution in [0.25, 0.3) is 0 Å². The van der Waals surface area contributed by atoms with Crippen molar-refractivity contribution in [2.24, 2.45) is 0 Å². The Morgan fingerprint density at radius 2 is 2.05 bits per heavy atom. The van der Waals surface area contributed by atoms with E-state index in [-0.39, 0.29) is 11.9 Å². The van der Waals surface area contributed by atoms with Gasteiger partial charge in [0.2, 0.25) is 0 Å². The van der Waals surface area contributed by atoms with Gasteiger partial charge in [0.15, 0.2) is 6.10 Å². The first-order valence-electron chi connectivity index (χ1n) is 6.76. The molecule has 0 radical (unpaired) electrons. The van der Waals surface area contributed by atoms with Gasteiger partial charge in [-0.25, -0.2) is 4.79 Å². The van der Waals surface area contributed by atoms with Gasteiger partial charge in [0.25, 0.3) is 5.91 Å². The Balaban J connectivity index is 1.96. The molecule has 0 aliphatic heterocycles. The van der Waals surface area contributed by atoms with E-state index in [1.165, 1.54) is 0 Å². The maximum absolute atomic E-state index is 12.0. The van der Waals surface area contributed by atoms with E-state index in [0.29, 0.717) is 5.56 Å². The van der Waals surface area contributed by atoms with Crippen LogP contribution in [0.5, 0.6) is 0 Å². The lowest BCUT2D eigenvalue weighted by Crippen LogP contribution is -2.37. The number of benzene rings is 1. The molecule has 108 valence electrons. The van der Waals surface area contributed by atoms with Crippen molar-refractivity contribution in [3.63, 3.8) is 0 Å². The first kappa shape index (κ1) is 14.4. The van der Waals surface area contributed by atoms with Gasteiger partial charge in [0, 0.05) is 25.8 Å². The SMILES string of the molecule is C[C@@H](OC(=O)c1cccc(N(C)C)c1)C(=O)NC1CC1. The molecule has 2 rings (SSSR count). The van der Waals surface area contributed by atoms with Gasteiger partial charge in [0.1, 0.15) is 0 Å². The summed E-state index contributed by atoms with van der Waals surface area (Å²) >= 11 is 0. The summed E-state index contributed by atoms with van der Waals surface area (Å²) in [6.07, 6.45) is 1.25. The number of nitrogens with zero attached hydrogens (tertiary/aromatic N) is 1. The van der Waals surface area contributed by atoms with Crippen molar-refractivity contribution in [2.45, 2.75) is 31.9 Å². The summed E-state index contributed by atoms with van der Waals surface area (Å²) < 4.78 is 5.19. The Labute approximate surface area is 118 Å². The van der Waals surface area contributed by atoms with Crippen LogP contribution >= 0.6 is 0 Å². The minimum atomic E-state index is -0.772. The first-order valence-corrected chi connectivity index (χ1v) is 6.76. The lowest BCUT2D eigenvalue weighted by Gasteiger charge is -2.15. The van der Waals surface area contributed by atoms with Gasteiger partial charge in [-0.3, -0.25) is 4.79 Å². The lowest BCUT2D eigenvalue weighted by atomic mass is 10.2. The quantitative estimate of drug-likeness (QED) is 0.829. The predicted molar refractivity (Wildman–Crippen MR) is 76.8 cm³/mol. The molecule has 1 aromatic carbocycles. The van der Waals surface area contributed by atoms with E-state index in [1.54, 1.807) is 25.1 Å². The number of rotatable bonds is 5. The normalized spacial score (nSPS) is 15.3. The first-order chi connectivity index (χ1) is 9.47. The highest BCUT2D eigenvalue weighted by Gasteiger charge is 2.27. The van der Waals surface area contributed by atoms with Crippen LogP contribution < -0.4 is 10.2 Å². The van der Waals surface area contributed by atoms with Crippen LogP contribution in [-0.4, -0.2) is 38.1 Å². The molecule has 0 unspecified atom stereocenters. The van der Waals surface area contributed by atoms with Gasteiger partial charge < -0.3 is 15.0 Å². The molecular formula is C15H20N2O3. The number of carbonyl (C=O) groups is 2. The van der Waals surface area contributed by atoms with Crippen LogP contribution in [0.4, 0.5) is 5.69 Å². The summed E-state index contributed by atoms with van der Waals surface area (Å²) in [7, 11) is 3.80. The van der Waals surface area contributed by atoms with Crippen molar-refractivity contribution in [1.29, 1.82) is 0 Å². The molecule has 1 aliphatic carbocycles. The number of carbonyl (C=O) groups excluding carboxylic acids is 2. The molecule has 1 atom stereocenters. The summed E-state index contributed by atoms with van der Waals surface area (Å²) in [6.45, 7) is 1.59. The summed E-state index contributed by atoms with van der Waals surface area (Å²) in [5.74, 6) is -0.711. The van der Waals surface area contributed by atoms with Crippen molar-refractivity contribution < 1.29 is 14.3 Å². The van der Waals surface area contributed by atoms with Crippen molar-refractivity contribution in [3.05, 3.63) is 29.8 Å². The van der Waals surface area contributed by atoms with E-state index in [4.69, 9.17) is 4.74 Å². The summed E-state index contributed by atoms with van der Waals surface area (Å²) in [6, 6.07) is 7.39. The Morgan fingerprint density at radius 1 is 1.35 bits per heavy atom. The molecule has 0 aromatic heterocycles. The lowest BCUT2D eigenvalue weighted by molar-refractivity contribution is -0.129. The fraction of sp³-hybridized carbons (Fsp3) is 0.467. The monoisotopic (exact) mass is 276 g/mol. The molecule has 0 spiro atoms. The van der Waals surface area contributed by atoms with Gasteiger partial charge >= 0.3 is 5.97 Å². The van der Waals surface area contributed by atoms with Crippen LogP contribution in [-0.2, 0) is 9.53 Å². The summed E-state index contributed by atoms with van der Waals surface area (Å²) in [5.41, 5.74) is 1.36. The van der Waals surface area contributed by atoms with Gasteiger partial charge in [-0.1, -0.05) is 6.07 Å². The largest absolute Gasteiger partial charge is 0.449 e. The van der Waals surface area contributed by atoms with Crippen LogP contribution in [0, 0.1) is 0 Å². The van der Waals surface area contributed by atoms with Crippen LogP contribution in [0.3, 0.4) is 0 Å². The zero-order chi connectivity index (χ0) is 14.7. The average molecular weight is 276 g/mol. The molecule has 5 heteroatoms. The molecule has 1 N–H and O–H groups in total. The predicted octanol–water partition coefficient (Wildman–Crippen LogP) is 1.58. The third kappa shape index (κ3) is 3.73. The third-order valence-corrected chi connectivity index (χ3v) is 3.18. The minimum absolute atomic E-state index is 0.232. The second kappa shape index (κ2) is 5.94. The van der Waals surface area contributed by atoms with Gasteiger partial charge in [-0.2, -0.15) is 0 Å². The zero-order valence-electron chi connectivity index (χ0n) is 12.1. The van der Waals surface area contributed by atoms with Crippen LogP contribution in [0.2, 0.25) is 0 Å². The van der Waals surface area contributed by atoms with Crippen LogP contribution in [0.1, 0.15) is 30.1 Å². The van der Waals surface area contributed by atoms with Crippen molar-refractivity contribution >= 4 is 17.6 Å². The van der Waals surface area contributed by atoms with E-state index in [1.807, 2.05) is 25.1 Å². The number of esters is 1. The van der Waals surface area contributed by atoms with E-state index in [2.05, 4.69) is 5.32 Å². The summed E-state index contributed by atoms with van der Waals surface area (Å²) in [5, 5.41) is 2.82. The molecule has 0 saturated heterocycles. The number of hydrogen-bond donors (Lipinski definition) is 1. The number of amides is 1. The summed E-state index contributed by atoms with van der Waals surface area (Å²) in [4.78, 5) is 25.7. The second-order valence-corrected chi connectivity index (χ2v) is 5.28. The molecule has 5 nitrogen and oxygen atoms in total. The molecule has 1 fully saturated rings. The van der Waals surface area contributed by atoms with E-state index in [9.17, 15) is 9.59 Å². The second-order valence-electron chi connectivity index (χ2n) is 5.28. The molecule has 1 saturated carbocycles. The third-order valence-electron chi connectivity index (χ3n) is 3.18. The standard InChI is InChI=1S/C15H20N2O3/c1-10(14(18)16-12-7-8-12)20-15(19)11-5-4-6-13(9-11)17(2)3/h4-6,9-10,12H,7-8H2,1-3H3,(H,16,18)/t10-/m1/s1. The number of nitrogens with one attached hydrogen (secondary N) is 1.